The van der Waals surface area contributed by atoms with E-state index in [1.54, 1.807) is 52.9 Å². The first-order chi connectivity index (χ1) is 17.6. The maximum atomic E-state index is 13.2. The molecule has 0 amide bonds. The number of benzene rings is 2. The summed E-state index contributed by atoms with van der Waals surface area (Å²) in [7, 11) is 3.23. The average molecular weight is 618 g/mol. The summed E-state index contributed by atoms with van der Waals surface area (Å²) in [6.45, 7) is 0. The Labute approximate surface area is 224 Å². The van der Waals surface area contributed by atoms with Crippen LogP contribution in [0.15, 0.2) is 65.1 Å². The molecule has 1 unspecified atom stereocenters. The Kier molecular flexibility index (Phi) is 8.13. The molecular weight excluding hydrogens is 599 g/mol. The standard InChI is InChI=1S/C24H19IN4O8/c1-35-22(30)14-9-13(29(33)34)10-16(25)19(14)28-20(24(32)37-3)18(23(31)36-2)17(15(11-26)21(28)27)12-7-5-4-6-8-12/h4-10,17H,27H2,1-3H3. The molecule has 0 aliphatic carbocycles. The number of ether oxygens (including phenoxy) is 3. The molecule has 190 valence electrons. The summed E-state index contributed by atoms with van der Waals surface area (Å²) in [6, 6.07) is 12.4. The molecule has 0 fully saturated rings. The number of hydrogen-bond acceptors (Lipinski definition) is 11. The second-order valence-corrected chi connectivity index (χ2v) is 8.57. The van der Waals surface area contributed by atoms with E-state index < -0.39 is 40.1 Å². The van der Waals surface area contributed by atoms with Crippen molar-refractivity contribution in [1.29, 1.82) is 5.26 Å². The van der Waals surface area contributed by atoms with E-state index in [1.807, 2.05) is 6.07 Å². The van der Waals surface area contributed by atoms with Crippen LogP contribution in [0.2, 0.25) is 0 Å². The summed E-state index contributed by atoms with van der Waals surface area (Å²) < 4.78 is 14.8. The molecule has 37 heavy (non-hydrogen) atoms. The molecular formula is C24H19IN4O8. The Balaban J connectivity index is 2.54. The summed E-state index contributed by atoms with van der Waals surface area (Å²) in [5, 5.41) is 21.6. The van der Waals surface area contributed by atoms with Gasteiger partial charge in [-0.05, 0) is 28.2 Å². The van der Waals surface area contributed by atoms with Gasteiger partial charge in [-0.25, -0.2) is 14.4 Å². The fraction of sp³-hybridized carbons (Fsp3) is 0.167. The molecule has 1 aliphatic rings. The number of esters is 3. The molecule has 1 heterocycles. The van der Waals surface area contributed by atoms with E-state index in [0.29, 0.717) is 5.56 Å². The van der Waals surface area contributed by atoms with Crippen LogP contribution in [0.25, 0.3) is 0 Å². The van der Waals surface area contributed by atoms with Gasteiger partial charge >= 0.3 is 17.9 Å². The molecule has 0 bridgehead atoms. The lowest BCUT2D eigenvalue weighted by atomic mass is 9.80. The third-order valence-corrected chi connectivity index (χ3v) is 6.32. The molecule has 0 radical (unpaired) electrons. The maximum absolute atomic E-state index is 13.2. The lowest BCUT2D eigenvalue weighted by molar-refractivity contribution is -0.385. The van der Waals surface area contributed by atoms with Gasteiger partial charge in [0.15, 0.2) is 0 Å². The van der Waals surface area contributed by atoms with Gasteiger partial charge < -0.3 is 19.9 Å². The fourth-order valence-electron chi connectivity index (χ4n) is 3.93. The normalized spacial score (nSPS) is 15.1. The highest BCUT2D eigenvalue weighted by atomic mass is 127. The number of nitro groups is 1. The number of nitriles is 1. The van der Waals surface area contributed by atoms with Gasteiger partial charge in [0.1, 0.15) is 11.5 Å². The van der Waals surface area contributed by atoms with E-state index in [9.17, 15) is 29.8 Å². The number of rotatable bonds is 6. The van der Waals surface area contributed by atoms with Gasteiger partial charge in [0, 0.05) is 15.7 Å². The first-order valence-corrected chi connectivity index (χ1v) is 11.4. The monoisotopic (exact) mass is 618 g/mol. The van der Waals surface area contributed by atoms with Crippen molar-refractivity contribution in [2.45, 2.75) is 5.92 Å². The average Bonchev–Trinajstić information content (AvgIpc) is 2.91. The minimum Gasteiger partial charge on any atom is -0.466 e. The van der Waals surface area contributed by atoms with E-state index >= 15 is 0 Å². The summed E-state index contributed by atoms with van der Waals surface area (Å²) in [6.07, 6.45) is 0. The molecule has 2 N–H and O–H groups in total. The predicted molar refractivity (Wildman–Crippen MR) is 137 cm³/mol. The molecule has 0 saturated carbocycles. The van der Waals surface area contributed by atoms with Crippen molar-refractivity contribution in [2.24, 2.45) is 5.73 Å². The maximum Gasteiger partial charge on any atom is 0.355 e. The van der Waals surface area contributed by atoms with E-state index in [4.69, 9.17) is 19.9 Å². The second kappa shape index (κ2) is 11.1. The second-order valence-electron chi connectivity index (χ2n) is 7.41. The van der Waals surface area contributed by atoms with Gasteiger partial charge in [0.25, 0.3) is 5.69 Å². The van der Waals surface area contributed by atoms with Crippen LogP contribution < -0.4 is 10.6 Å². The minimum atomic E-state index is -1.12. The number of nitrogens with two attached hydrogens (primary N) is 1. The van der Waals surface area contributed by atoms with Crippen molar-refractivity contribution in [3.05, 3.63) is 89.9 Å². The zero-order valence-corrected chi connectivity index (χ0v) is 21.8. The summed E-state index contributed by atoms with van der Waals surface area (Å²) >= 11 is 1.72. The van der Waals surface area contributed by atoms with Crippen LogP contribution in [0, 0.1) is 25.0 Å². The number of hydrogen-bond donors (Lipinski definition) is 1. The first kappa shape index (κ1) is 27.1. The summed E-state index contributed by atoms with van der Waals surface area (Å²) in [5.41, 5.74) is 5.15. The third kappa shape index (κ3) is 4.83. The van der Waals surface area contributed by atoms with E-state index in [0.717, 1.165) is 38.4 Å². The predicted octanol–water partition coefficient (Wildman–Crippen LogP) is 2.88. The Morgan fingerprint density at radius 2 is 1.65 bits per heavy atom. The highest BCUT2D eigenvalue weighted by Gasteiger charge is 2.44. The molecule has 13 heteroatoms. The van der Waals surface area contributed by atoms with Gasteiger partial charge in [-0.1, -0.05) is 30.3 Å². The van der Waals surface area contributed by atoms with Crippen LogP contribution in [0.1, 0.15) is 21.8 Å². The van der Waals surface area contributed by atoms with Crippen molar-refractivity contribution in [3.63, 3.8) is 0 Å². The molecule has 3 rings (SSSR count). The molecule has 0 spiro atoms. The number of nitrogens with zero attached hydrogens (tertiary/aromatic N) is 3. The van der Waals surface area contributed by atoms with Crippen molar-refractivity contribution in [3.8, 4) is 6.07 Å². The highest BCUT2D eigenvalue weighted by Crippen LogP contribution is 2.45. The molecule has 12 nitrogen and oxygen atoms in total. The zero-order valence-electron chi connectivity index (χ0n) is 19.7. The van der Waals surface area contributed by atoms with Gasteiger partial charge in [-0.2, -0.15) is 5.26 Å². The largest absolute Gasteiger partial charge is 0.466 e. The number of allylic oxidation sites excluding steroid dienone is 1. The first-order valence-electron chi connectivity index (χ1n) is 10.3. The van der Waals surface area contributed by atoms with Crippen molar-refractivity contribution < 1.29 is 33.5 Å². The minimum absolute atomic E-state index is 0.0937. The zero-order chi connectivity index (χ0) is 27.4. The number of carbonyl (C=O) groups excluding carboxylic acids is 3. The van der Waals surface area contributed by atoms with E-state index in [-0.39, 0.29) is 31.8 Å². The quantitative estimate of drug-likeness (QED) is 0.166. The van der Waals surface area contributed by atoms with Crippen LogP contribution in [-0.2, 0) is 23.8 Å². The van der Waals surface area contributed by atoms with E-state index in [1.165, 1.54) is 0 Å². The smallest absolute Gasteiger partial charge is 0.355 e. The van der Waals surface area contributed by atoms with E-state index in [2.05, 4.69) is 0 Å². The lowest BCUT2D eigenvalue weighted by Gasteiger charge is -2.36. The molecule has 0 aromatic heterocycles. The van der Waals surface area contributed by atoms with Gasteiger partial charge in [0.2, 0.25) is 0 Å². The highest BCUT2D eigenvalue weighted by molar-refractivity contribution is 14.1. The Bertz CT molecular complexity index is 1410. The molecule has 1 aliphatic heterocycles. The van der Waals surface area contributed by atoms with Gasteiger partial charge in [0.05, 0.1) is 60.6 Å². The number of methoxy groups -OCH3 is 3. The van der Waals surface area contributed by atoms with Crippen LogP contribution in [0.4, 0.5) is 11.4 Å². The molecule has 0 saturated heterocycles. The number of anilines is 1. The number of halogens is 1. The topological polar surface area (TPSA) is 175 Å². The Morgan fingerprint density at radius 1 is 1.05 bits per heavy atom. The van der Waals surface area contributed by atoms with Crippen LogP contribution in [0.3, 0.4) is 0 Å². The van der Waals surface area contributed by atoms with Crippen LogP contribution >= 0.6 is 22.6 Å². The third-order valence-electron chi connectivity index (χ3n) is 5.50. The van der Waals surface area contributed by atoms with Gasteiger partial charge in [-0.3, -0.25) is 15.0 Å². The lowest BCUT2D eigenvalue weighted by Crippen LogP contribution is -2.41. The fourth-order valence-corrected chi connectivity index (χ4v) is 4.78. The van der Waals surface area contributed by atoms with Crippen LogP contribution in [-0.4, -0.2) is 44.2 Å². The summed E-state index contributed by atoms with van der Waals surface area (Å²) in [5.74, 6) is -4.41. The van der Waals surface area contributed by atoms with Crippen molar-refractivity contribution in [1.82, 2.24) is 0 Å². The SMILES string of the molecule is COC(=O)C1=C(C(=O)OC)N(c2c(I)cc([N+](=O)[O-])cc2C(=O)OC)C(N)=C(C#N)C1c1ccccc1. The molecule has 1 atom stereocenters. The van der Waals surface area contributed by atoms with Crippen molar-refractivity contribution >= 4 is 51.9 Å². The number of non-ortho nitro benzene ring substituents is 1. The molecule has 2 aromatic rings. The Morgan fingerprint density at radius 3 is 2.16 bits per heavy atom. The molecule has 2 aromatic carbocycles. The Hall–Kier alpha value is -4.45. The number of carbonyl (C=O) groups is 3. The van der Waals surface area contributed by atoms with Crippen molar-refractivity contribution in [2.75, 3.05) is 26.2 Å². The van der Waals surface area contributed by atoms with Gasteiger partial charge in [-0.15, -0.1) is 0 Å². The number of nitro benzene ring substituents is 1. The summed E-state index contributed by atoms with van der Waals surface area (Å²) in [4.78, 5) is 50.9. The van der Waals surface area contributed by atoms with Crippen LogP contribution in [0.5, 0.6) is 0 Å².